The van der Waals surface area contributed by atoms with Gasteiger partial charge in [0.05, 0.1) is 16.8 Å². The van der Waals surface area contributed by atoms with Crippen LogP contribution in [-0.4, -0.2) is 28.3 Å². The van der Waals surface area contributed by atoms with Crippen LogP contribution in [0.5, 0.6) is 0 Å². The quantitative estimate of drug-likeness (QED) is 0.259. The highest BCUT2D eigenvalue weighted by molar-refractivity contribution is 8.05. The SMILES string of the molecule is C=CSC(CNC(=O)c1ccc(NC(=O)c2cc(-c3cccnc3)nc3c(C)cc(C)cc23)cc1)=C(C)C. The number of amides is 2. The van der Waals surface area contributed by atoms with Crippen molar-refractivity contribution in [3.63, 3.8) is 0 Å². The number of carbonyl (C=O) groups is 2. The van der Waals surface area contributed by atoms with Gasteiger partial charge in [0.2, 0.25) is 0 Å². The molecule has 2 N–H and O–H groups in total. The van der Waals surface area contributed by atoms with Gasteiger partial charge < -0.3 is 10.6 Å². The Morgan fingerprint density at radius 1 is 1.03 bits per heavy atom. The van der Waals surface area contributed by atoms with Crippen molar-refractivity contribution in [2.45, 2.75) is 27.7 Å². The molecule has 6 nitrogen and oxygen atoms in total. The third kappa shape index (κ3) is 6.18. The molecule has 0 aliphatic heterocycles. The number of fused-ring (bicyclic) bond motifs is 1. The van der Waals surface area contributed by atoms with Gasteiger partial charge in [-0.1, -0.05) is 23.8 Å². The molecule has 4 aromatic rings. The van der Waals surface area contributed by atoms with E-state index in [2.05, 4.69) is 28.3 Å². The second-order valence-electron chi connectivity index (χ2n) is 9.20. The Hall–Kier alpha value is -4.23. The van der Waals surface area contributed by atoms with Gasteiger partial charge in [0.15, 0.2) is 0 Å². The van der Waals surface area contributed by atoms with Gasteiger partial charge in [-0.15, -0.1) is 11.8 Å². The number of rotatable bonds is 8. The zero-order valence-corrected chi connectivity index (χ0v) is 22.8. The Morgan fingerprint density at radius 3 is 2.45 bits per heavy atom. The van der Waals surface area contributed by atoms with Gasteiger partial charge in [-0.25, -0.2) is 4.98 Å². The average molecular weight is 523 g/mol. The fourth-order valence-electron chi connectivity index (χ4n) is 4.13. The second-order valence-corrected chi connectivity index (χ2v) is 10.3. The first-order chi connectivity index (χ1) is 18.3. The van der Waals surface area contributed by atoms with Gasteiger partial charge >= 0.3 is 0 Å². The Morgan fingerprint density at radius 2 is 1.79 bits per heavy atom. The Bertz CT molecular complexity index is 1540. The standard InChI is InChI=1S/C31H30N4O2S/c1-6-38-28(19(2)3)18-33-30(36)22-9-11-24(12-10-22)34-31(37)26-16-27(23-8-7-13-32-17-23)35-29-21(5)14-20(4)15-25(26)29/h6-17H,1,18H2,2-5H3,(H,33,36)(H,34,37). The summed E-state index contributed by atoms with van der Waals surface area (Å²) < 4.78 is 0. The summed E-state index contributed by atoms with van der Waals surface area (Å²) in [6, 6.07) is 16.5. The molecule has 7 heteroatoms. The third-order valence-corrected chi connectivity index (χ3v) is 7.05. The van der Waals surface area contributed by atoms with Crippen molar-refractivity contribution in [3.8, 4) is 11.3 Å². The van der Waals surface area contributed by atoms with Crippen molar-refractivity contribution in [1.82, 2.24) is 15.3 Å². The minimum absolute atomic E-state index is 0.182. The van der Waals surface area contributed by atoms with E-state index in [0.717, 1.165) is 38.1 Å². The molecule has 2 aromatic heterocycles. The van der Waals surface area contributed by atoms with Gasteiger partial charge in [0.1, 0.15) is 0 Å². The summed E-state index contributed by atoms with van der Waals surface area (Å²) in [7, 11) is 0. The van der Waals surface area contributed by atoms with Gasteiger partial charge in [0.25, 0.3) is 11.8 Å². The lowest BCUT2D eigenvalue weighted by Crippen LogP contribution is -2.25. The number of benzene rings is 2. The second kappa shape index (κ2) is 11.9. The van der Waals surface area contributed by atoms with Crippen LogP contribution in [0.1, 0.15) is 45.7 Å². The van der Waals surface area contributed by atoms with Crippen molar-refractivity contribution >= 4 is 40.2 Å². The van der Waals surface area contributed by atoms with Gasteiger partial charge in [-0.2, -0.15) is 0 Å². The molecule has 4 rings (SSSR count). The smallest absolute Gasteiger partial charge is 0.256 e. The van der Waals surface area contributed by atoms with Crippen LogP contribution in [0.25, 0.3) is 22.2 Å². The first-order valence-corrected chi connectivity index (χ1v) is 13.1. The molecule has 0 atom stereocenters. The van der Waals surface area contributed by atoms with Gasteiger partial charge in [-0.3, -0.25) is 14.6 Å². The number of hydrogen-bond donors (Lipinski definition) is 2. The predicted molar refractivity (Wildman–Crippen MR) is 157 cm³/mol. The minimum Gasteiger partial charge on any atom is -0.347 e. The lowest BCUT2D eigenvalue weighted by Gasteiger charge is -2.13. The van der Waals surface area contributed by atoms with E-state index in [0.29, 0.717) is 29.1 Å². The lowest BCUT2D eigenvalue weighted by atomic mass is 9.99. The number of carbonyl (C=O) groups excluding carboxylic acids is 2. The van der Waals surface area contributed by atoms with E-state index in [4.69, 9.17) is 4.98 Å². The molecule has 0 aliphatic rings. The van der Waals surface area contributed by atoms with E-state index in [1.54, 1.807) is 48.1 Å². The number of nitrogens with zero attached hydrogens (tertiary/aromatic N) is 2. The molecule has 0 radical (unpaired) electrons. The van der Waals surface area contributed by atoms with Crippen molar-refractivity contribution in [2.24, 2.45) is 0 Å². The number of aryl methyl sites for hydroxylation is 2. The van der Waals surface area contributed by atoms with Crippen molar-refractivity contribution in [1.29, 1.82) is 0 Å². The first kappa shape index (κ1) is 26.8. The number of allylic oxidation sites excluding steroid dienone is 1. The number of nitrogens with one attached hydrogen (secondary N) is 2. The maximum absolute atomic E-state index is 13.5. The highest BCUT2D eigenvalue weighted by Gasteiger charge is 2.17. The summed E-state index contributed by atoms with van der Waals surface area (Å²) in [6.45, 7) is 12.2. The van der Waals surface area contributed by atoms with Crippen LogP contribution < -0.4 is 10.6 Å². The minimum atomic E-state index is -0.251. The van der Waals surface area contributed by atoms with Crippen LogP contribution in [0, 0.1) is 13.8 Å². The van der Waals surface area contributed by atoms with E-state index >= 15 is 0 Å². The molecular formula is C31H30N4O2S. The Kier molecular flexibility index (Phi) is 8.38. The molecule has 0 saturated carbocycles. The van der Waals surface area contributed by atoms with Crippen LogP contribution in [0.15, 0.2) is 89.5 Å². The molecule has 0 saturated heterocycles. The molecule has 0 bridgehead atoms. The molecule has 0 aliphatic carbocycles. The number of thioether (sulfide) groups is 1. The summed E-state index contributed by atoms with van der Waals surface area (Å²) in [5, 5.41) is 8.46. The Balaban J connectivity index is 1.58. The zero-order valence-electron chi connectivity index (χ0n) is 22.0. The van der Waals surface area contributed by atoms with Crippen LogP contribution >= 0.6 is 11.8 Å². The molecule has 0 spiro atoms. The zero-order chi connectivity index (χ0) is 27.2. The fourth-order valence-corrected chi connectivity index (χ4v) is 4.73. The summed E-state index contributed by atoms with van der Waals surface area (Å²) in [5.74, 6) is -0.433. The lowest BCUT2D eigenvalue weighted by molar-refractivity contribution is 0.0957. The Labute approximate surface area is 227 Å². The van der Waals surface area contributed by atoms with E-state index in [9.17, 15) is 9.59 Å². The summed E-state index contributed by atoms with van der Waals surface area (Å²) in [5.41, 5.74) is 7.11. The normalized spacial score (nSPS) is 10.6. The maximum Gasteiger partial charge on any atom is 0.256 e. The van der Waals surface area contributed by atoms with Crippen molar-refractivity contribution in [3.05, 3.63) is 112 Å². The van der Waals surface area contributed by atoms with Crippen LogP contribution in [-0.2, 0) is 0 Å². The molecule has 0 unspecified atom stereocenters. The number of aromatic nitrogens is 2. The monoisotopic (exact) mass is 522 g/mol. The summed E-state index contributed by atoms with van der Waals surface area (Å²) >= 11 is 1.50. The van der Waals surface area contributed by atoms with E-state index < -0.39 is 0 Å². The number of pyridine rings is 2. The van der Waals surface area contributed by atoms with Gasteiger partial charge in [-0.05, 0) is 87.2 Å². The molecule has 2 aromatic carbocycles. The molecule has 2 heterocycles. The molecule has 192 valence electrons. The highest BCUT2D eigenvalue weighted by atomic mass is 32.2. The van der Waals surface area contributed by atoms with Crippen LogP contribution in [0.3, 0.4) is 0 Å². The van der Waals surface area contributed by atoms with Crippen molar-refractivity contribution in [2.75, 3.05) is 11.9 Å². The van der Waals surface area contributed by atoms with Crippen LogP contribution in [0.2, 0.25) is 0 Å². The van der Waals surface area contributed by atoms with Crippen LogP contribution in [0.4, 0.5) is 5.69 Å². The van der Waals surface area contributed by atoms with Crippen molar-refractivity contribution < 1.29 is 9.59 Å². The number of hydrogen-bond acceptors (Lipinski definition) is 5. The topological polar surface area (TPSA) is 84.0 Å². The average Bonchev–Trinajstić information content (AvgIpc) is 2.91. The summed E-state index contributed by atoms with van der Waals surface area (Å²) in [4.78, 5) is 36.3. The maximum atomic E-state index is 13.5. The van der Waals surface area contributed by atoms with E-state index in [1.165, 1.54) is 11.8 Å². The first-order valence-electron chi connectivity index (χ1n) is 12.2. The largest absolute Gasteiger partial charge is 0.347 e. The molecule has 38 heavy (non-hydrogen) atoms. The molecule has 2 amide bonds. The van der Waals surface area contributed by atoms with E-state index in [1.807, 2.05) is 45.9 Å². The molecular weight excluding hydrogens is 492 g/mol. The number of anilines is 1. The third-order valence-electron chi connectivity index (χ3n) is 6.05. The highest BCUT2D eigenvalue weighted by Crippen LogP contribution is 2.28. The predicted octanol–water partition coefficient (Wildman–Crippen LogP) is 7.07. The molecule has 0 fully saturated rings. The van der Waals surface area contributed by atoms with Gasteiger partial charge in [0, 0.05) is 46.0 Å². The van der Waals surface area contributed by atoms with E-state index in [-0.39, 0.29) is 11.8 Å². The summed E-state index contributed by atoms with van der Waals surface area (Å²) in [6.07, 6.45) is 3.44. The fraction of sp³-hybridized carbons (Fsp3) is 0.161.